The number of allylic oxidation sites excluding steroid dienone is 1. The van der Waals surface area contributed by atoms with Crippen LogP contribution in [-0.2, 0) is 0 Å². The van der Waals surface area contributed by atoms with Gasteiger partial charge in [0.15, 0.2) is 8.07 Å². The third-order valence-electron chi connectivity index (χ3n) is 4.62. The van der Waals surface area contributed by atoms with Crippen LogP contribution in [0.1, 0.15) is 6.92 Å². The van der Waals surface area contributed by atoms with E-state index < -0.39 is 8.07 Å². The molecule has 0 atom stereocenters. The smallest absolute Gasteiger partial charge is 0.177 e. The molecule has 0 amide bonds. The quantitative estimate of drug-likeness (QED) is 0.563. The van der Waals surface area contributed by atoms with E-state index in [9.17, 15) is 5.11 Å². The predicted molar refractivity (Wildman–Crippen MR) is 105 cm³/mol. The minimum absolute atomic E-state index is 0.0708. The van der Waals surface area contributed by atoms with Crippen molar-refractivity contribution in [1.29, 1.82) is 0 Å². The van der Waals surface area contributed by atoms with Crippen LogP contribution in [0.2, 0.25) is 0 Å². The Hall–Kier alpha value is -2.42. The van der Waals surface area contributed by atoms with Crippen LogP contribution < -0.4 is 15.6 Å². The third-order valence-corrected chi connectivity index (χ3v) is 9.63. The molecule has 0 bridgehead atoms. The predicted octanol–water partition coefficient (Wildman–Crippen LogP) is 2.63. The highest BCUT2D eigenvalue weighted by atomic mass is 28.3. The number of aliphatic hydroxyl groups is 1. The summed E-state index contributed by atoms with van der Waals surface area (Å²) in [5.41, 5.74) is 0. The van der Waals surface area contributed by atoms with Gasteiger partial charge in [0.1, 0.15) is 0 Å². The molecule has 0 radical (unpaired) electrons. The highest BCUT2D eigenvalue weighted by Gasteiger charge is 2.42. The molecule has 0 spiro atoms. The standard InChI is InChI=1S/C22H22OSi/c1-2-19(18-23)24(20-12-6-3-7-13-20,21-14-8-4-9-15-21)22-16-10-5-11-17-22/h2-17,23H,18H2,1H3/b19-2+. The van der Waals surface area contributed by atoms with Crippen molar-refractivity contribution in [3.63, 3.8) is 0 Å². The first-order valence-electron chi connectivity index (χ1n) is 8.27. The van der Waals surface area contributed by atoms with E-state index in [4.69, 9.17) is 0 Å². The van der Waals surface area contributed by atoms with Gasteiger partial charge in [-0.2, -0.15) is 0 Å². The van der Waals surface area contributed by atoms with E-state index in [0.717, 1.165) is 5.20 Å². The molecule has 0 fully saturated rings. The van der Waals surface area contributed by atoms with Crippen LogP contribution in [0.3, 0.4) is 0 Å². The zero-order valence-corrected chi connectivity index (χ0v) is 14.9. The molecule has 2 heteroatoms. The van der Waals surface area contributed by atoms with Gasteiger partial charge in [0.25, 0.3) is 0 Å². The average Bonchev–Trinajstić information content (AvgIpc) is 2.68. The number of hydrogen-bond acceptors (Lipinski definition) is 1. The van der Waals surface area contributed by atoms with Crippen molar-refractivity contribution in [2.45, 2.75) is 6.92 Å². The van der Waals surface area contributed by atoms with Gasteiger partial charge < -0.3 is 5.11 Å². The maximum absolute atomic E-state index is 10.2. The maximum atomic E-state index is 10.2. The summed E-state index contributed by atoms with van der Waals surface area (Å²) in [5.74, 6) is 0. The molecule has 3 rings (SSSR count). The molecule has 0 aliphatic carbocycles. The monoisotopic (exact) mass is 330 g/mol. The van der Waals surface area contributed by atoms with Crippen LogP contribution in [0.15, 0.2) is 102 Å². The Morgan fingerprint density at radius 2 is 1.04 bits per heavy atom. The second kappa shape index (κ2) is 7.43. The van der Waals surface area contributed by atoms with E-state index in [-0.39, 0.29) is 6.61 Å². The Bertz CT molecular complexity index is 698. The summed E-state index contributed by atoms with van der Waals surface area (Å²) in [5, 5.41) is 15.2. The summed E-state index contributed by atoms with van der Waals surface area (Å²) >= 11 is 0. The molecule has 1 nitrogen and oxygen atoms in total. The molecular weight excluding hydrogens is 308 g/mol. The summed E-state index contributed by atoms with van der Waals surface area (Å²) in [6.45, 7) is 2.10. The topological polar surface area (TPSA) is 20.2 Å². The van der Waals surface area contributed by atoms with Gasteiger partial charge in [0.05, 0.1) is 6.61 Å². The van der Waals surface area contributed by atoms with Crippen molar-refractivity contribution in [3.8, 4) is 0 Å². The molecule has 1 N–H and O–H groups in total. The number of aliphatic hydroxyl groups excluding tert-OH is 1. The van der Waals surface area contributed by atoms with Gasteiger partial charge in [-0.1, -0.05) is 97.1 Å². The average molecular weight is 331 g/mol. The first-order chi connectivity index (χ1) is 11.8. The molecule has 0 unspecified atom stereocenters. The fraction of sp³-hybridized carbons (Fsp3) is 0.0909. The molecule has 0 aliphatic heterocycles. The molecule has 0 saturated carbocycles. The first-order valence-corrected chi connectivity index (χ1v) is 10.3. The van der Waals surface area contributed by atoms with Gasteiger partial charge >= 0.3 is 0 Å². The lowest BCUT2D eigenvalue weighted by Gasteiger charge is -2.35. The third kappa shape index (κ3) is 2.75. The van der Waals surface area contributed by atoms with Crippen LogP contribution in [0, 0.1) is 0 Å². The molecule has 3 aromatic carbocycles. The van der Waals surface area contributed by atoms with Crippen LogP contribution >= 0.6 is 0 Å². The summed E-state index contributed by atoms with van der Waals surface area (Å²) < 4.78 is 0. The van der Waals surface area contributed by atoms with Crippen molar-refractivity contribution in [1.82, 2.24) is 0 Å². The van der Waals surface area contributed by atoms with Crippen molar-refractivity contribution in [2.24, 2.45) is 0 Å². The van der Waals surface area contributed by atoms with Gasteiger partial charge in [0, 0.05) is 0 Å². The SMILES string of the molecule is C/C=C(\CO)[Si](c1ccccc1)(c1ccccc1)c1ccccc1. The molecule has 24 heavy (non-hydrogen) atoms. The summed E-state index contributed by atoms with van der Waals surface area (Å²) in [4.78, 5) is 0. The lowest BCUT2D eigenvalue weighted by atomic mass is 10.3. The van der Waals surface area contributed by atoms with E-state index >= 15 is 0 Å². The fourth-order valence-electron chi connectivity index (χ4n) is 3.55. The lowest BCUT2D eigenvalue weighted by molar-refractivity contribution is 0.337. The van der Waals surface area contributed by atoms with Crippen LogP contribution in [0.5, 0.6) is 0 Å². The highest BCUT2D eigenvalue weighted by molar-refractivity contribution is 7.16. The number of benzene rings is 3. The van der Waals surface area contributed by atoms with Crippen molar-refractivity contribution in [3.05, 3.63) is 102 Å². The van der Waals surface area contributed by atoms with Gasteiger partial charge in [-0.3, -0.25) is 0 Å². The Kier molecular flexibility index (Phi) is 5.09. The first kappa shape index (κ1) is 16.4. The maximum Gasteiger partial charge on any atom is 0.177 e. The number of hydrogen-bond donors (Lipinski definition) is 1. The molecule has 3 aromatic rings. The van der Waals surface area contributed by atoms with Crippen molar-refractivity contribution < 1.29 is 5.11 Å². The largest absolute Gasteiger partial charge is 0.392 e. The molecular formula is C22H22OSi. The zero-order chi connectivity index (χ0) is 16.8. The van der Waals surface area contributed by atoms with Crippen LogP contribution in [-0.4, -0.2) is 19.8 Å². The normalized spacial score (nSPS) is 12.2. The van der Waals surface area contributed by atoms with E-state index in [0.29, 0.717) is 0 Å². The Morgan fingerprint density at radius 1 is 0.708 bits per heavy atom. The zero-order valence-electron chi connectivity index (χ0n) is 13.9. The Labute approximate surface area is 144 Å². The summed E-state index contributed by atoms with van der Waals surface area (Å²) in [7, 11) is -2.44. The van der Waals surface area contributed by atoms with E-state index in [2.05, 4.69) is 78.9 Å². The van der Waals surface area contributed by atoms with Crippen LogP contribution in [0.4, 0.5) is 0 Å². The second-order valence-electron chi connectivity index (χ2n) is 5.82. The Morgan fingerprint density at radius 3 is 1.29 bits per heavy atom. The molecule has 120 valence electrons. The highest BCUT2D eigenvalue weighted by Crippen LogP contribution is 2.17. The number of rotatable bonds is 5. The van der Waals surface area contributed by atoms with E-state index in [1.165, 1.54) is 15.6 Å². The van der Waals surface area contributed by atoms with Crippen LogP contribution in [0.25, 0.3) is 0 Å². The lowest BCUT2D eigenvalue weighted by Crippen LogP contribution is -2.69. The van der Waals surface area contributed by atoms with E-state index in [1.54, 1.807) is 0 Å². The van der Waals surface area contributed by atoms with E-state index in [1.807, 2.05) is 25.1 Å². The van der Waals surface area contributed by atoms with Gasteiger partial charge in [-0.15, -0.1) is 0 Å². The van der Waals surface area contributed by atoms with Crippen molar-refractivity contribution >= 4 is 23.6 Å². The molecule has 0 heterocycles. The molecule has 0 aromatic heterocycles. The van der Waals surface area contributed by atoms with Gasteiger partial charge in [0.2, 0.25) is 0 Å². The molecule has 0 saturated heterocycles. The summed E-state index contributed by atoms with van der Waals surface area (Å²) in [6.07, 6.45) is 2.10. The second-order valence-corrected chi connectivity index (χ2v) is 9.69. The minimum atomic E-state index is -2.44. The Balaban J connectivity index is 2.42. The minimum Gasteiger partial charge on any atom is -0.392 e. The summed E-state index contributed by atoms with van der Waals surface area (Å²) in [6, 6.07) is 31.9. The van der Waals surface area contributed by atoms with Gasteiger partial charge in [-0.05, 0) is 27.7 Å². The van der Waals surface area contributed by atoms with Crippen molar-refractivity contribution in [2.75, 3.05) is 6.61 Å². The van der Waals surface area contributed by atoms with Gasteiger partial charge in [-0.25, -0.2) is 0 Å². The fourth-order valence-corrected chi connectivity index (χ4v) is 8.41. The molecule has 0 aliphatic rings.